The van der Waals surface area contributed by atoms with E-state index >= 15 is 0 Å². The number of hydrogen-bond acceptors (Lipinski definition) is 2. The molecular weight excluding hydrogens is 496 g/mol. The zero-order chi connectivity index (χ0) is 26.7. The van der Waals surface area contributed by atoms with Gasteiger partial charge in [0.1, 0.15) is 0 Å². The number of hydrogen-bond donors (Lipinski definition) is 0. The normalized spacial score (nSPS) is 11.3. The highest BCUT2D eigenvalue weighted by atomic mass is 32.2. The van der Waals surface area contributed by atoms with Crippen molar-refractivity contribution in [2.24, 2.45) is 0 Å². The van der Waals surface area contributed by atoms with E-state index in [0.29, 0.717) is 0 Å². The zero-order valence-corrected chi connectivity index (χ0v) is 22.1. The molecule has 6 aromatic rings. The Balaban J connectivity index is 1.51. The second-order valence-corrected chi connectivity index (χ2v) is 11.3. The third kappa shape index (κ3) is 4.93. The van der Waals surface area contributed by atoms with Crippen molar-refractivity contribution >= 4 is 9.84 Å². The van der Waals surface area contributed by atoms with E-state index in [9.17, 15) is 8.42 Å². The van der Waals surface area contributed by atoms with Crippen LogP contribution in [0.1, 0.15) is 0 Å². The fourth-order valence-electron chi connectivity index (χ4n) is 4.97. The summed E-state index contributed by atoms with van der Waals surface area (Å²) < 4.78 is 28.2. The molecule has 0 atom stereocenters. The fourth-order valence-corrected chi connectivity index (χ4v) is 6.28. The molecule has 0 N–H and O–H groups in total. The summed E-state index contributed by atoms with van der Waals surface area (Å²) in [5, 5.41) is 0. The molecule has 0 aliphatic heterocycles. The summed E-state index contributed by atoms with van der Waals surface area (Å²) in [6, 6.07) is 50.9. The second-order valence-electron chi connectivity index (χ2n) is 9.38. The van der Waals surface area contributed by atoms with Gasteiger partial charge in [-0.15, -0.1) is 0 Å². The van der Waals surface area contributed by atoms with Crippen LogP contribution < -0.4 is 0 Å². The topological polar surface area (TPSA) is 34.1 Å². The molecule has 188 valence electrons. The minimum atomic E-state index is -3.80. The van der Waals surface area contributed by atoms with Gasteiger partial charge in [0.05, 0.1) is 9.79 Å². The van der Waals surface area contributed by atoms with E-state index in [4.69, 9.17) is 0 Å². The molecule has 0 bridgehead atoms. The van der Waals surface area contributed by atoms with E-state index in [1.54, 1.807) is 24.3 Å². The van der Waals surface area contributed by atoms with Gasteiger partial charge in [-0.3, -0.25) is 0 Å². The van der Waals surface area contributed by atoms with Crippen LogP contribution in [0, 0.1) is 0 Å². The molecule has 0 heterocycles. The Morgan fingerprint density at radius 3 is 0.897 bits per heavy atom. The molecule has 3 heteroatoms. The molecule has 0 saturated carbocycles. The van der Waals surface area contributed by atoms with E-state index < -0.39 is 9.84 Å². The SMILES string of the molecule is O=S(=O)(c1ccc(-c2ccccc2)c(-c2ccccc2)c1)c1ccc(-c2ccccc2)c(-c2ccccc2)c1. The third-order valence-corrected chi connectivity index (χ3v) is 8.69. The number of rotatable bonds is 6. The maximum atomic E-state index is 14.1. The van der Waals surface area contributed by atoms with E-state index in [1.807, 2.05) is 133 Å². The summed E-state index contributed by atoms with van der Waals surface area (Å²) in [5.41, 5.74) is 7.77. The Morgan fingerprint density at radius 1 is 0.308 bits per heavy atom. The predicted octanol–water partition coefficient (Wildman–Crippen LogP) is 9.19. The Kier molecular flexibility index (Phi) is 6.66. The Hall–Kier alpha value is -4.73. The van der Waals surface area contributed by atoms with Crippen LogP contribution in [0.5, 0.6) is 0 Å². The maximum absolute atomic E-state index is 14.1. The Morgan fingerprint density at radius 2 is 0.590 bits per heavy atom. The Bertz CT molecular complexity index is 1700. The number of sulfone groups is 1. The molecule has 0 amide bonds. The molecule has 0 aromatic heterocycles. The highest BCUT2D eigenvalue weighted by Gasteiger charge is 2.22. The van der Waals surface area contributed by atoms with E-state index in [0.717, 1.165) is 44.5 Å². The van der Waals surface area contributed by atoms with Crippen LogP contribution in [0.25, 0.3) is 44.5 Å². The van der Waals surface area contributed by atoms with Crippen LogP contribution in [0.2, 0.25) is 0 Å². The van der Waals surface area contributed by atoms with Gasteiger partial charge < -0.3 is 0 Å². The summed E-state index contributed by atoms with van der Waals surface area (Å²) >= 11 is 0. The van der Waals surface area contributed by atoms with E-state index in [-0.39, 0.29) is 9.79 Å². The predicted molar refractivity (Wildman–Crippen MR) is 160 cm³/mol. The highest BCUT2D eigenvalue weighted by Crippen LogP contribution is 2.38. The first-order chi connectivity index (χ1) is 19.1. The van der Waals surface area contributed by atoms with Crippen LogP contribution in [0.4, 0.5) is 0 Å². The maximum Gasteiger partial charge on any atom is 0.206 e. The van der Waals surface area contributed by atoms with Gasteiger partial charge in [0.2, 0.25) is 9.84 Å². The van der Waals surface area contributed by atoms with Gasteiger partial charge in [0.15, 0.2) is 0 Å². The first-order valence-electron chi connectivity index (χ1n) is 12.9. The van der Waals surface area contributed by atoms with Gasteiger partial charge in [-0.1, -0.05) is 133 Å². The van der Waals surface area contributed by atoms with Gasteiger partial charge in [-0.05, 0) is 68.8 Å². The highest BCUT2D eigenvalue weighted by molar-refractivity contribution is 7.91. The molecule has 2 nitrogen and oxygen atoms in total. The van der Waals surface area contributed by atoms with Gasteiger partial charge in [-0.25, -0.2) is 8.42 Å². The molecule has 0 aliphatic carbocycles. The second kappa shape index (κ2) is 10.6. The quantitative estimate of drug-likeness (QED) is 0.218. The third-order valence-electron chi connectivity index (χ3n) is 6.94. The van der Waals surface area contributed by atoms with Crippen molar-refractivity contribution in [3.8, 4) is 44.5 Å². The summed E-state index contributed by atoms with van der Waals surface area (Å²) in [5.74, 6) is 0. The smallest absolute Gasteiger partial charge is 0.206 e. The lowest BCUT2D eigenvalue weighted by Crippen LogP contribution is -2.04. The lowest BCUT2D eigenvalue weighted by atomic mass is 9.94. The molecule has 6 aromatic carbocycles. The van der Waals surface area contributed by atoms with Crippen molar-refractivity contribution in [3.05, 3.63) is 158 Å². The van der Waals surface area contributed by atoms with Crippen LogP contribution in [-0.2, 0) is 9.84 Å². The van der Waals surface area contributed by atoms with E-state index in [2.05, 4.69) is 0 Å². The van der Waals surface area contributed by atoms with Crippen molar-refractivity contribution in [3.63, 3.8) is 0 Å². The molecule has 0 spiro atoms. The van der Waals surface area contributed by atoms with Crippen molar-refractivity contribution < 1.29 is 8.42 Å². The molecule has 0 saturated heterocycles. The van der Waals surface area contributed by atoms with Crippen LogP contribution in [-0.4, -0.2) is 8.42 Å². The fraction of sp³-hybridized carbons (Fsp3) is 0. The van der Waals surface area contributed by atoms with Crippen molar-refractivity contribution in [1.82, 2.24) is 0 Å². The average Bonchev–Trinajstić information content (AvgIpc) is 3.02. The molecule has 0 fully saturated rings. The lowest BCUT2D eigenvalue weighted by molar-refractivity contribution is 0.596. The van der Waals surface area contributed by atoms with Crippen LogP contribution in [0.3, 0.4) is 0 Å². The first-order valence-corrected chi connectivity index (χ1v) is 14.3. The van der Waals surface area contributed by atoms with Gasteiger partial charge in [0, 0.05) is 0 Å². The van der Waals surface area contributed by atoms with Gasteiger partial charge in [-0.2, -0.15) is 0 Å². The van der Waals surface area contributed by atoms with Crippen molar-refractivity contribution in [2.75, 3.05) is 0 Å². The van der Waals surface area contributed by atoms with Gasteiger partial charge in [0.25, 0.3) is 0 Å². The zero-order valence-electron chi connectivity index (χ0n) is 21.2. The molecule has 0 aliphatic rings. The van der Waals surface area contributed by atoms with Crippen molar-refractivity contribution in [1.29, 1.82) is 0 Å². The van der Waals surface area contributed by atoms with Crippen LogP contribution in [0.15, 0.2) is 168 Å². The Labute approximate surface area is 229 Å². The molecule has 0 radical (unpaired) electrons. The average molecular weight is 523 g/mol. The minimum Gasteiger partial charge on any atom is -0.219 e. The lowest BCUT2D eigenvalue weighted by Gasteiger charge is -2.15. The molecule has 0 unspecified atom stereocenters. The van der Waals surface area contributed by atoms with Gasteiger partial charge >= 0.3 is 0 Å². The molecule has 6 rings (SSSR count). The largest absolute Gasteiger partial charge is 0.219 e. The summed E-state index contributed by atoms with van der Waals surface area (Å²) in [6.07, 6.45) is 0. The molecule has 39 heavy (non-hydrogen) atoms. The number of benzene rings is 6. The van der Waals surface area contributed by atoms with Crippen molar-refractivity contribution in [2.45, 2.75) is 9.79 Å². The standard InChI is InChI=1S/C36H26O2S/c37-39(38,31-21-23-33(27-13-5-1-6-14-27)35(25-31)29-17-9-3-10-18-29)32-22-24-34(28-15-7-2-8-16-28)36(26-32)30-19-11-4-12-20-30/h1-26H. The minimum absolute atomic E-state index is 0.271. The van der Waals surface area contributed by atoms with E-state index in [1.165, 1.54) is 0 Å². The summed E-state index contributed by atoms with van der Waals surface area (Å²) in [7, 11) is -3.80. The monoisotopic (exact) mass is 522 g/mol. The summed E-state index contributed by atoms with van der Waals surface area (Å²) in [4.78, 5) is 0.542. The molecular formula is C36H26O2S. The van der Waals surface area contributed by atoms with Crippen LogP contribution >= 0.6 is 0 Å². The first kappa shape index (κ1) is 24.6. The summed E-state index contributed by atoms with van der Waals surface area (Å²) in [6.45, 7) is 0.